The number of aliphatic hydroxyl groups is 1. The molecule has 0 bridgehead atoms. The molecule has 0 amide bonds. The lowest BCUT2D eigenvalue weighted by Gasteiger charge is -2.02. The zero-order chi connectivity index (χ0) is 9.84. The fourth-order valence-corrected chi connectivity index (χ4v) is 0.931. The average Bonchev–Trinajstić information content (AvgIpc) is 2.13. The normalized spacial score (nSPS) is 9.15. The minimum absolute atomic E-state index is 0.265. The lowest BCUT2D eigenvalue weighted by atomic mass is 10.1. The van der Waals surface area contributed by atoms with Crippen molar-refractivity contribution in [2.24, 2.45) is 0 Å². The minimum Gasteiger partial charge on any atom is -0.398 e. The number of aliphatic hydroxyl groups excluding tert-OH is 1. The van der Waals surface area contributed by atoms with E-state index in [4.69, 9.17) is 10.8 Å². The highest BCUT2D eigenvalue weighted by Crippen LogP contribution is 2.17. The molecule has 0 aliphatic carbocycles. The molecule has 0 fully saturated rings. The van der Waals surface area contributed by atoms with Gasteiger partial charge in [0.05, 0.1) is 5.56 Å². The van der Waals surface area contributed by atoms with Crippen molar-refractivity contribution in [1.82, 2.24) is 0 Å². The highest BCUT2D eigenvalue weighted by atomic mass is 19.1. The molecule has 68 valence electrons. The summed E-state index contributed by atoms with van der Waals surface area (Å²) >= 11 is 0. The number of benzene rings is 1. The SMILES string of the molecule is Cc1c(N)ccc(C#CCO)c1F. The number of hydrogen-bond acceptors (Lipinski definition) is 2. The van der Waals surface area contributed by atoms with E-state index in [0.717, 1.165) is 0 Å². The van der Waals surface area contributed by atoms with Gasteiger partial charge in [0.1, 0.15) is 12.4 Å². The Bertz CT molecular complexity index is 376. The van der Waals surface area contributed by atoms with E-state index in [0.29, 0.717) is 11.3 Å². The first kappa shape index (κ1) is 9.56. The van der Waals surface area contributed by atoms with Crippen LogP contribution in [0.15, 0.2) is 12.1 Å². The number of nitrogens with two attached hydrogens (primary N) is 1. The monoisotopic (exact) mass is 179 g/mol. The highest BCUT2D eigenvalue weighted by molar-refractivity contribution is 5.52. The fourth-order valence-electron chi connectivity index (χ4n) is 0.931. The summed E-state index contributed by atoms with van der Waals surface area (Å²) in [6, 6.07) is 3.10. The van der Waals surface area contributed by atoms with Gasteiger partial charge < -0.3 is 10.8 Å². The van der Waals surface area contributed by atoms with Crippen LogP contribution in [0.5, 0.6) is 0 Å². The third-order valence-electron chi connectivity index (χ3n) is 1.73. The van der Waals surface area contributed by atoms with Gasteiger partial charge in [0.15, 0.2) is 0 Å². The van der Waals surface area contributed by atoms with Crippen LogP contribution in [0.25, 0.3) is 0 Å². The van der Waals surface area contributed by atoms with Crippen molar-refractivity contribution in [3.8, 4) is 11.8 Å². The molecule has 3 N–H and O–H groups in total. The summed E-state index contributed by atoms with van der Waals surface area (Å²) in [5.74, 6) is 4.46. The predicted molar refractivity (Wildman–Crippen MR) is 49.5 cm³/mol. The Labute approximate surface area is 76.2 Å². The molecule has 1 rings (SSSR count). The maximum absolute atomic E-state index is 13.3. The van der Waals surface area contributed by atoms with Crippen molar-refractivity contribution < 1.29 is 9.50 Å². The summed E-state index contributed by atoms with van der Waals surface area (Å²) in [6.45, 7) is 1.32. The largest absolute Gasteiger partial charge is 0.398 e. The summed E-state index contributed by atoms with van der Waals surface area (Å²) < 4.78 is 13.3. The van der Waals surface area contributed by atoms with Gasteiger partial charge >= 0.3 is 0 Å². The topological polar surface area (TPSA) is 46.2 Å². The number of rotatable bonds is 0. The molecule has 0 unspecified atom stereocenters. The molecular weight excluding hydrogens is 169 g/mol. The van der Waals surface area contributed by atoms with Gasteiger partial charge in [-0.1, -0.05) is 11.8 Å². The first-order valence-corrected chi connectivity index (χ1v) is 3.81. The van der Waals surface area contributed by atoms with Crippen LogP contribution in [-0.2, 0) is 0 Å². The Balaban J connectivity index is 3.18. The second kappa shape index (κ2) is 3.92. The molecule has 0 saturated heterocycles. The molecule has 2 nitrogen and oxygen atoms in total. The summed E-state index contributed by atoms with van der Waals surface area (Å²) in [6.07, 6.45) is 0. The molecule has 0 saturated carbocycles. The zero-order valence-electron chi connectivity index (χ0n) is 7.26. The van der Waals surface area contributed by atoms with Crippen LogP contribution in [0, 0.1) is 24.6 Å². The maximum atomic E-state index is 13.3. The summed E-state index contributed by atoms with van der Waals surface area (Å²) in [4.78, 5) is 0. The second-order valence-electron chi connectivity index (χ2n) is 2.60. The molecule has 13 heavy (non-hydrogen) atoms. The molecule has 0 heterocycles. The Hall–Kier alpha value is -1.53. The lowest BCUT2D eigenvalue weighted by molar-refractivity contribution is 0.350. The summed E-state index contributed by atoms with van der Waals surface area (Å²) in [5.41, 5.74) is 6.55. The van der Waals surface area contributed by atoms with Gasteiger partial charge in [-0.3, -0.25) is 0 Å². The second-order valence-corrected chi connectivity index (χ2v) is 2.60. The number of hydrogen-bond donors (Lipinski definition) is 2. The van der Waals surface area contributed by atoms with Crippen LogP contribution in [0.4, 0.5) is 10.1 Å². The van der Waals surface area contributed by atoms with E-state index in [9.17, 15) is 4.39 Å². The van der Waals surface area contributed by atoms with E-state index in [1.54, 1.807) is 13.0 Å². The van der Waals surface area contributed by atoms with Crippen LogP contribution >= 0.6 is 0 Å². The first-order chi connectivity index (χ1) is 6.16. The van der Waals surface area contributed by atoms with E-state index in [1.165, 1.54) is 6.07 Å². The van der Waals surface area contributed by atoms with Crippen molar-refractivity contribution >= 4 is 5.69 Å². The van der Waals surface area contributed by atoms with Gasteiger partial charge in [-0.25, -0.2) is 4.39 Å². The fraction of sp³-hybridized carbons (Fsp3) is 0.200. The maximum Gasteiger partial charge on any atom is 0.143 e. The number of anilines is 1. The predicted octanol–water partition coefficient (Wildman–Crippen LogP) is 1.06. The third-order valence-corrected chi connectivity index (χ3v) is 1.73. The third kappa shape index (κ3) is 1.98. The van der Waals surface area contributed by atoms with Crippen LogP contribution in [0.2, 0.25) is 0 Å². The Kier molecular flexibility index (Phi) is 2.88. The van der Waals surface area contributed by atoms with Gasteiger partial charge in [-0.2, -0.15) is 0 Å². The van der Waals surface area contributed by atoms with E-state index in [1.807, 2.05) is 0 Å². The van der Waals surface area contributed by atoms with Crippen molar-refractivity contribution in [2.75, 3.05) is 12.3 Å². The standard InChI is InChI=1S/C10H10FNO/c1-7-9(12)5-4-8(10(7)11)3-2-6-13/h4-5,13H,6,12H2,1H3. The van der Waals surface area contributed by atoms with Crippen molar-refractivity contribution in [1.29, 1.82) is 0 Å². The summed E-state index contributed by atoms with van der Waals surface area (Å²) in [7, 11) is 0. The Morgan fingerprint density at radius 1 is 1.54 bits per heavy atom. The zero-order valence-corrected chi connectivity index (χ0v) is 7.26. The van der Waals surface area contributed by atoms with Gasteiger partial charge in [-0.05, 0) is 19.1 Å². The average molecular weight is 179 g/mol. The Morgan fingerprint density at radius 3 is 2.85 bits per heavy atom. The lowest BCUT2D eigenvalue weighted by Crippen LogP contribution is -1.95. The first-order valence-electron chi connectivity index (χ1n) is 3.81. The van der Waals surface area contributed by atoms with Crippen LogP contribution < -0.4 is 5.73 Å². The molecule has 1 aromatic carbocycles. The van der Waals surface area contributed by atoms with Gasteiger partial charge in [-0.15, -0.1) is 0 Å². The van der Waals surface area contributed by atoms with E-state index in [-0.39, 0.29) is 12.2 Å². The van der Waals surface area contributed by atoms with Gasteiger partial charge in [0.2, 0.25) is 0 Å². The van der Waals surface area contributed by atoms with Crippen molar-refractivity contribution in [3.63, 3.8) is 0 Å². The molecule has 0 aliphatic rings. The van der Waals surface area contributed by atoms with Gasteiger partial charge in [0.25, 0.3) is 0 Å². The van der Waals surface area contributed by atoms with Crippen molar-refractivity contribution in [3.05, 3.63) is 29.1 Å². The van der Waals surface area contributed by atoms with E-state index in [2.05, 4.69) is 11.8 Å². The van der Waals surface area contributed by atoms with E-state index < -0.39 is 5.82 Å². The van der Waals surface area contributed by atoms with Crippen LogP contribution in [-0.4, -0.2) is 11.7 Å². The van der Waals surface area contributed by atoms with Gasteiger partial charge in [0, 0.05) is 11.3 Å². The Morgan fingerprint density at radius 2 is 2.23 bits per heavy atom. The van der Waals surface area contributed by atoms with Crippen LogP contribution in [0.1, 0.15) is 11.1 Å². The smallest absolute Gasteiger partial charge is 0.143 e. The quantitative estimate of drug-likeness (QED) is 0.462. The number of nitrogen functional groups attached to an aromatic ring is 1. The minimum atomic E-state index is -0.416. The number of halogens is 1. The molecule has 0 aromatic heterocycles. The highest BCUT2D eigenvalue weighted by Gasteiger charge is 2.04. The van der Waals surface area contributed by atoms with E-state index >= 15 is 0 Å². The molecular formula is C10H10FNO. The summed E-state index contributed by atoms with van der Waals surface area (Å²) in [5, 5.41) is 8.42. The molecule has 0 aliphatic heterocycles. The molecule has 0 radical (unpaired) electrons. The molecule has 0 atom stereocenters. The molecule has 1 aromatic rings. The molecule has 3 heteroatoms. The molecule has 0 spiro atoms. The van der Waals surface area contributed by atoms with Crippen molar-refractivity contribution in [2.45, 2.75) is 6.92 Å². The van der Waals surface area contributed by atoms with Crippen LogP contribution in [0.3, 0.4) is 0 Å².